The fourth-order valence-corrected chi connectivity index (χ4v) is 4.10. The SMILES string of the molecule is O=S1(=O)CCC(Nc2ccnc(NCc3ccc(F)cc3)n2)C1. The second-order valence-corrected chi connectivity index (χ2v) is 7.72. The number of anilines is 2. The quantitative estimate of drug-likeness (QED) is 0.867. The Morgan fingerprint density at radius 1 is 1.22 bits per heavy atom. The Bertz CT molecular complexity index is 780. The Morgan fingerprint density at radius 2 is 2.00 bits per heavy atom. The molecule has 1 aliphatic heterocycles. The molecule has 1 aromatic carbocycles. The van der Waals surface area contributed by atoms with Gasteiger partial charge in [0.05, 0.1) is 11.5 Å². The number of hydrogen-bond acceptors (Lipinski definition) is 6. The third-order valence-electron chi connectivity index (χ3n) is 3.60. The molecule has 2 aromatic rings. The van der Waals surface area contributed by atoms with Gasteiger partial charge in [0.25, 0.3) is 0 Å². The fraction of sp³-hybridized carbons (Fsp3) is 0.333. The van der Waals surface area contributed by atoms with E-state index in [-0.39, 0.29) is 23.4 Å². The second-order valence-electron chi connectivity index (χ2n) is 5.49. The van der Waals surface area contributed by atoms with Gasteiger partial charge in [-0.1, -0.05) is 12.1 Å². The molecule has 3 rings (SSSR count). The Labute approximate surface area is 134 Å². The standard InChI is InChI=1S/C15H17FN4O2S/c16-12-3-1-11(2-4-12)9-18-15-17-7-5-14(20-15)19-13-6-8-23(21,22)10-13/h1-5,7,13H,6,8-10H2,(H2,17,18,19,20). The molecule has 8 heteroatoms. The topological polar surface area (TPSA) is 84.0 Å². The molecule has 0 bridgehead atoms. The zero-order valence-electron chi connectivity index (χ0n) is 12.4. The summed E-state index contributed by atoms with van der Waals surface area (Å²) in [6, 6.07) is 7.77. The molecule has 2 N–H and O–H groups in total. The van der Waals surface area contributed by atoms with Gasteiger partial charge in [-0.3, -0.25) is 0 Å². The third kappa shape index (κ3) is 4.38. The van der Waals surface area contributed by atoms with Crippen LogP contribution in [0.2, 0.25) is 0 Å². The lowest BCUT2D eigenvalue weighted by Gasteiger charge is -2.12. The van der Waals surface area contributed by atoms with Gasteiger partial charge in [-0.25, -0.2) is 17.8 Å². The first-order valence-corrected chi connectivity index (χ1v) is 9.11. The summed E-state index contributed by atoms with van der Waals surface area (Å²) in [5.41, 5.74) is 0.912. The molecule has 1 aromatic heterocycles. The Hall–Kier alpha value is -2.22. The summed E-state index contributed by atoms with van der Waals surface area (Å²) in [6.45, 7) is 0.474. The number of rotatable bonds is 5. The van der Waals surface area contributed by atoms with Gasteiger partial charge in [-0.05, 0) is 30.2 Å². The summed E-state index contributed by atoms with van der Waals surface area (Å²) < 4.78 is 35.8. The monoisotopic (exact) mass is 336 g/mol. The van der Waals surface area contributed by atoms with Crippen LogP contribution in [-0.4, -0.2) is 35.9 Å². The number of aromatic nitrogens is 2. The summed E-state index contributed by atoms with van der Waals surface area (Å²) in [5.74, 6) is 1.09. The summed E-state index contributed by atoms with van der Waals surface area (Å²) in [4.78, 5) is 8.44. The van der Waals surface area contributed by atoms with Gasteiger partial charge in [0.1, 0.15) is 11.6 Å². The first-order chi connectivity index (χ1) is 11.0. The van der Waals surface area contributed by atoms with Crippen molar-refractivity contribution in [1.29, 1.82) is 0 Å². The molecule has 0 amide bonds. The molecule has 1 atom stereocenters. The van der Waals surface area contributed by atoms with Gasteiger partial charge in [-0.15, -0.1) is 0 Å². The first-order valence-electron chi connectivity index (χ1n) is 7.28. The molecule has 23 heavy (non-hydrogen) atoms. The van der Waals surface area contributed by atoms with Gasteiger partial charge in [0.2, 0.25) is 5.95 Å². The molecular formula is C15H17FN4O2S. The lowest BCUT2D eigenvalue weighted by molar-refractivity contribution is 0.602. The van der Waals surface area contributed by atoms with Crippen molar-refractivity contribution in [2.24, 2.45) is 0 Å². The minimum absolute atomic E-state index is 0.111. The van der Waals surface area contributed by atoms with Gasteiger partial charge >= 0.3 is 0 Å². The predicted molar refractivity (Wildman–Crippen MR) is 86.4 cm³/mol. The van der Waals surface area contributed by atoms with Crippen LogP contribution in [0.5, 0.6) is 0 Å². The highest BCUT2D eigenvalue weighted by molar-refractivity contribution is 7.91. The van der Waals surface area contributed by atoms with E-state index in [9.17, 15) is 12.8 Å². The number of nitrogens with one attached hydrogen (secondary N) is 2. The van der Waals surface area contributed by atoms with E-state index in [1.165, 1.54) is 12.1 Å². The number of benzene rings is 1. The molecule has 1 saturated heterocycles. The second kappa shape index (κ2) is 6.49. The van der Waals surface area contributed by atoms with Crippen molar-refractivity contribution in [3.05, 3.63) is 47.9 Å². The Kier molecular flexibility index (Phi) is 4.42. The van der Waals surface area contributed by atoms with Gasteiger partial charge < -0.3 is 10.6 Å². The number of halogens is 1. The summed E-state index contributed by atoms with van der Waals surface area (Å²) in [6.07, 6.45) is 2.19. The molecule has 0 aliphatic carbocycles. The lowest BCUT2D eigenvalue weighted by atomic mass is 10.2. The molecule has 1 aliphatic rings. The minimum atomic E-state index is -2.93. The predicted octanol–water partition coefficient (Wildman–Crippen LogP) is 1.83. The molecular weight excluding hydrogens is 319 g/mol. The van der Waals surface area contributed by atoms with E-state index in [1.807, 2.05) is 0 Å². The molecule has 6 nitrogen and oxygen atoms in total. The average Bonchev–Trinajstić information content (AvgIpc) is 2.86. The van der Waals surface area contributed by atoms with Crippen LogP contribution in [0, 0.1) is 5.82 Å². The zero-order valence-corrected chi connectivity index (χ0v) is 13.2. The fourth-order valence-electron chi connectivity index (χ4n) is 2.43. The normalized spacial score (nSPS) is 19.4. The maximum Gasteiger partial charge on any atom is 0.224 e. The smallest absolute Gasteiger partial charge is 0.224 e. The summed E-state index contributed by atoms with van der Waals surface area (Å²) in [5, 5.41) is 6.18. The van der Waals surface area contributed by atoms with E-state index in [0.717, 1.165) is 5.56 Å². The Balaban J connectivity index is 1.60. The van der Waals surface area contributed by atoms with Crippen molar-refractivity contribution in [3.8, 4) is 0 Å². The molecule has 1 fully saturated rings. The van der Waals surface area contributed by atoms with Crippen molar-refractivity contribution in [1.82, 2.24) is 9.97 Å². The molecule has 0 radical (unpaired) electrons. The van der Waals surface area contributed by atoms with Crippen molar-refractivity contribution in [2.75, 3.05) is 22.1 Å². The van der Waals surface area contributed by atoms with Crippen LogP contribution in [0.3, 0.4) is 0 Å². The largest absolute Gasteiger partial charge is 0.366 e. The molecule has 0 spiro atoms. The number of hydrogen-bond donors (Lipinski definition) is 2. The minimum Gasteiger partial charge on any atom is -0.366 e. The van der Waals surface area contributed by atoms with E-state index >= 15 is 0 Å². The maximum atomic E-state index is 12.9. The van der Waals surface area contributed by atoms with Gasteiger partial charge in [-0.2, -0.15) is 4.98 Å². The first kappa shape index (κ1) is 15.7. The van der Waals surface area contributed by atoms with Crippen molar-refractivity contribution in [2.45, 2.75) is 19.0 Å². The average molecular weight is 336 g/mol. The van der Waals surface area contributed by atoms with Crippen LogP contribution in [0.4, 0.5) is 16.2 Å². The third-order valence-corrected chi connectivity index (χ3v) is 5.37. The van der Waals surface area contributed by atoms with Gasteiger partial charge in [0, 0.05) is 18.8 Å². The van der Waals surface area contributed by atoms with E-state index in [1.54, 1.807) is 24.4 Å². The molecule has 0 saturated carbocycles. The van der Waals surface area contributed by atoms with E-state index in [4.69, 9.17) is 0 Å². The van der Waals surface area contributed by atoms with Crippen molar-refractivity contribution in [3.63, 3.8) is 0 Å². The van der Waals surface area contributed by atoms with Crippen LogP contribution in [0.15, 0.2) is 36.5 Å². The van der Waals surface area contributed by atoms with E-state index in [0.29, 0.717) is 24.7 Å². The highest BCUT2D eigenvalue weighted by atomic mass is 32.2. The zero-order chi connectivity index (χ0) is 16.3. The molecule has 122 valence electrons. The highest BCUT2D eigenvalue weighted by Gasteiger charge is 2.27. The number of sulfone groups is 1. The van der Waals surface area contributed by atoms with Crippen molar-refractivity contribution < 1.29 is 12.8 Å². The van der Waals surface area contributed by atoms with Gasteiger partial charge in [0.15, 0.2) is 9.84 Å². The molecule has 1 unspecified atom stereocenters. The van der Waals surface area contributed by atoms with E-state index < -0.39 is 9.84 Å². The van der Waals surface area contributed by atoms with Crippen LogP contribution in [-0.2, 0) is 16.4 Å². The summed E-state index contributed by atoms with van der Waals surface area (Å²) in [7, 11) is -2.93. The van der Waals surface area contributed by atoms with E-state index in [2.05, 4.69) is 20.6 Å². The summed E-state index contributed by atoms with van der Waals surface area (Å²) >= 11 is 0. The van der Waals surface area contributed by atoms with Crippen LogP contribution >= 0.6 is 0 Å². The number of nitrogens with zero attached hydrogens (tertiary/aromatic N) is 2. The van der Waals surface area contributed by atoms with Crippen LogP contribution < -0.4 is 10.6 Å². The Morgan fingerprint density at radius 3 is 2.70 bits per heavy atom. The van der Waals surface area contributed by atoms with Crippen LogP contribution in [0.1, 0.15) is 12.0 Å². The van der Waals surface area contributed by atoms with Crippen molar-refractivity contribution >= 4 is 21.6 Å². The maximum absolute atomic E-state index is 12.9. The van der Waals surface area contributed by atoms with Crippen LogP contribution in [0.25, 0.3) is 0 Å². The lowest BCUT2D eigenvalue weighted by Crippen LogP contribution is -2.21. The highest BCUT2D eigenvalue weighted by Crippen LogP contribution is 2.16. The molecule has 2 heterocycles.